The number of likely N-dealkylation sites (N-methyl/N-ethyl adjacent to an activating group) is 1. The van der Waals surface area contributed by atoms with Gasteiger partial charge in [0.25, 0.3) is 0 Å². The Morgan fingerprint density at radius 2 is 2.06 bits per heavy atom. The van der Waals surface area contributed by atoms with Crippen LogP contribution in [-0.2, 0) is 0 Å². The van der Waals surface area contributed by atoms with Crippen LogP contribution >= 0.6 is 11.6 Å². The molecular weight excluding hydrogens is 222 g/mol. The molecule has 86 valence electrons. The predicted molar refractivity (Wildman–Crippen MR) is 69.5 cm³/mol. The predicted octanol–water partition coefficient (Wildman–Crippen LogP) is 3.55. The molecule has 0 heterocycles. The molecule has 0 radical (unpaired) electrons. The number of carbonyl (C=O) groups excluding carboxylic acids is 1. The van der Waals surface area contributed by atoms with Crippen LogP contribution in [0.5, 0.6) is 0 Å². The van der Waals surface area contributed by atoms with Gasteiger partial charge < -0.3 is 4.90 Å². The SMILES string of the molecule is C=C(C)CN(C)c1ccc(C(C)=O)c(Cl)c1. The number of halogens is 1. The third-order valence-corrected chi connectivity index (χ3v) is 2.59. The van der Waals surface area contributed by atoms with E-state index in [-0.39, 0.29) is 5.78 Å². The zero-order valence-electron chi connectivity index (χ0n) is 9.88. The van der Waals surface area contributed by atoms with Crippen LogP contribution in [0.2, 0.25) is 5.02 Å². The third-order valence-electron chi connectivity index (χ3n) is 2.28. The lowest BCUT2D eigenvalue weighted by Crippen LogP contribution is -2.19. The van der Waals surface area contributed by atoms with Gasteiger partial charge >= 0.3 is 0 Å². The summed E-state index contributed by atoms with van der Waals surface area (Å²) in [4.78, 5) is 13.3. The Hall–Kier alpha value is -1.28. The molecule has 0 aromatic heterocycles. The standard InChI is InChI=1S/C13H16ClNO/c1-9(2)8-15(4)11-5-6-12(10(3)16)13(14)7-11/h5-7H,1,8H2,2-4H3. The van der Waals surface area contributed by atoms with Crippen molar-refractivity contribution in [3.8, 4) is 0 Å². The minimum absolute atomic E-state index is 0.0147. The van der Waals surface area contributed by atoms with Crippen molar-refractivity contribution < 1.29 is 4.79 Å². The second-order valence-electron chi connectivity index (χ2n) is 4.03. The highest BCUT2D eigenvalue weighted by Crippen LogP contribution is 2.23. The summed E-state index contributed by atoms with van der Waals surface area (Å²) in [5.41, 5.74) is 2.63. The molecule has 2 nitrogen and oxygen atoms in total. The topological polar surface area (TPSA) is 20.3 Å². The summed E-state index contributed by atoms with van der Waals surface area (Å²) in [6.07, 6.45) is 0. The van der Waals surface area contributed by atoms with Crippen molar-refractivity contribution in [1.29, 1.82) is 0 Å². The Bertz CT molecular complexity index is 426. The molecule has 3 heteroatoms. The molecule has 0 aliphatic heterocycles. The van der Waals surface area contributed by atoms with Crippen molar-refractivity contribution in [2.45, 2.75) is 13.8 Å². The monoisotopic (exact) mass is 237 g/mol. The fraction of sp³-hybridized carbons (Fsp3) is 0.308. The lowest BCUT2D eigenvalue weighted by molar-refractivity contribution is 0.101. The Morgan fingerprint density at radius 3 is 2.50 bits per heavy atom. The number of anilines is 1. The normalized spacial score (nSPS) is 10.0. The van der Waals surface area contributed by atoms with Gasteiger partial charge in [-0.2, -0.15) is 0 Å². The number of carbonyl (C=O) groups is 1. The molecule has 0 spiro atoms. The summed E-state index contributed by atoms with van der Waals surface area (Å²) in [6, 6.07) is 5.46. The van der Waals surface area contributed by atoms with E-state index in [9.17, 15) is 4.79 Å². The van der Waals surface area contributed by atoms with Gasteiger partial charge in [-0.25, -0.2) is 0 Å². The van der Waals surface area contributed by atoms with Crippen molar-refractivity contribution in [3.63, 3.8) is 0 Å². The van der Waals surface area contributed by atoms with Crippen LogP contribution in [0.1, 0.15) is 24.2 Å². The summed E-state index contributed by atoms with van der Waals surface area (Å²) >= 11 is 6.04. The molecule has 0 saturated carbocycles. The molecule has 0 amide bonds. The van der Waals surface area contributed by atoms with Crippen molar-refractivity contribution in [2.24, 2.45) is 0 Å². The molecule has 0 aliphatic carbocycles. The van der Waals surface area contributed by atoms with Crippen molar-refractivity contribution in [3.05, 3.63) is 40.9 Å². The van der Waals surface area contributed by atoms with Crippen LogP contribution in [0, 0.1) is 0 Å². The summed E-state index contributed by atoms with van der Waals surface area (Å²) in [5, 5.41) is 0.499. The molecule has 0 fully saturated rings. The van der Waals surface area contributed by atoms with E-state index in [2.05, 4.69) is 6.58 Å². The average Bonchev–Trinajstić information content (AvgIpc) is 2.15. The Kier molecular flexibility index (Phi) is 4.13. The van der Waals surface area contributed by atoms with E-state index in [1.54, 1.807) is 12.1 Å². The number of benzene rings is 1. The molecule has 0 unspecified atom stereocenters. The molecule has 16 heavy (non-hydrogen) atoms. The first kappa shape index (κ1) is 12.8. The Labute approximate surface area is 102 Å². The van der Waals surface area contributed by atoms with Crippen LogP contribution in [0.4, 0.5) is 5.69 Å². The van der Waals surface area contributed by atoms with Gasteiger partial charge in [0.2, 0.25) is 0 Å². The molecule has 1 rings (SSSR count). The van der Waals surface area contributed by atoms with Gasteiger partial charge in [-0.1, -0.05) is 23.8 Å². The van der Waals surface area contributed by atoms with Crippen molar-refractivity contribution >= 4 is 23.1 Å². The van der Waals surface area contributed by atoms with Crippen LogP contribution in [0.25, 0.3) is 0 Å². The van der Waals surface area contributed by atoms with E-state index in [1.165, 1.54) is 6.92 Å². The minimum atomic E-state index is -0.0147. The summed E-state index contributed by atoms with van der Waals surface area (Å²) in [6.45, 7) is 8.12. The summed E-state index contributed by atoms with van der Waals surface area (Å²) in [7, 11) is 1.97. The van der Waals surface area contributed by atoms with E-state index in [0.717, 1.165) is 17.8 Å². The first-order valence-corrected chi connectivity index (χ1v) is 5.45. The molecule has 0 aliphatic rings. The van der Waals surface area contributed by atoms with Crippen molar-refractivity contribution in [2.75, 3.05) is 18.5 Å². The molecule has 0 atom stereocenters. The van der Waals surface area contributed by atoms with Crippen molar-refractivity contribution in [1.82, 2.24) is 0 Å². The van der Waals surface area contributed by atoms with E-state index >= 15 is 0 Å². The van der Waals surface area contributed by atoms with Gasteiger partial charge in [0.15, 0.2) is 5.78 Å². The maximum absolute atomic E-state index is 11.2. The Balaban J connectivity index is 2.96. The molecule has 1 aromatic rings. The lowest BCUT2D eigenvalue weighted by atomic mass is 10.1. The summed E-state index contributed by atoms with van der Waals surface area (Å²) in [5.74, 6) is -0.0147. The molecular formula is C13H16ClNO. The average molecular weight is 238 g/mol. The number of ketones is 1. The molecule has 0 bridgehead atoms. The van der Waals surface area contributed by atoms with Gasteiger partial charge in [0.05, 0.1) is 5.02 Å². The number of Topliss-reactive ketones (excluding diaryl/α,β-unsaturated/α-hetero) is 1. The number of nitrogens with zero attached hydrogens (tertiary/aromatic N) is 1. The number of hydrogen-bond donors (Lipinski definition) is 0. The van der Waals surface area contributed by atoms with Gasteiger partial charge in [-0.15, -0.1) is 0 Å². The van der Waals surface area contributed by atoms with Crippen LogP contribution in [0.3, 0.4) is 0 Å². The second kappa shape index (κ2) is 5.17. The van der Waals surface area contributed by atoms with Crippen LogP contribution < -0.4 is 4.90 Å². The Morgan fingerprint density at radius 1 is 1.44 bits per heavy atom. The van der Waals surface area contributed by atoms with Gasteiger partial charge in [0, 0.05) is 24.8 Å². The van der Waals surface area contributed by atoms with E-state index in [0.29, 0.717) is 10.6 Å². The largest absolute Gasteiger partial charge is 0.371 e. The maximum Gasteiger partial charge on any atom is 0.161 e. The maximum atomic E-state index is 11.2. The fourth-order valence-corrected chi connectivity index (χ4v) is 1.83. The molecule has 0 saturated heterocycles. The highest BCUT2D eigenvalue weighted by molar-refractivity contribution is 6.34. The highest BCUT2D eigenvalue weighted by atomic mass is 35.5. The summed E-state index contributed by atoms with van der Waals surface area (Å²) < 4.78 is 0. The van der Waals surface area contributed by atoms with Crippen LogP contribution in [-0.4, -0.2) is 19.4 Å². The second-order valence-corrected chi connectivity index (χ2v) is 4.44. The number of hydrogen-bond acceptors (Lipinski definition) is 2. The quantitative estimate of drug-likeness (QED) is 0.590. The minimum Gasteiger partial charge on any atom is -0.371 e. The molecule has 0 N–H and O–H groups in total. The lowest BCUT2D eigenvalue weighted by Gasteiger charge is -2.20. The smallest absolute Gasteiger partial charge is 0.161 e. The zero-order chi connectivity index (χ0) is 12.3. The van der Waals surface area contributed by atoms with E-state index in [1.807, 2.05) is 24.9 Å². The fourth-order valence-electron chi connectivity index (χ4n) is 1.52. The first-order chi connectivity index (χ1) is 7.41. The van der Waals surface area contributed by atoms with Gasteiger partial charge in [-0.3, -0.25) is 4.79 Å². The zero-order valence-corrected chi connectivity index (χ0v) is 10.6. The van der Waals surface area contributed by atoms with E-state index < -0.39 is 0 Å². The molecule has 1 aromatic carbocycles. The first-order valence-electron chi connectivity index (χ1n) is 5.08. The van der Waals surface area contributed by atoms with Gasteiger partial charge in [0.1, 0.15) is 0 Å². The van der Waals surface area contributed by atoms with E-state index in [4.69, 9.17) is 11.6 Å². The van der Waals surface area contributed by atoms with Crippen LogP contribution in [0.15, 0.2) is 30.4 Å². The van der Waals surface area contributed by atoms with Gasteiger partial charge in [-0.05, 0) is 32.0 Å². The highest BCUT2D eigenvalue weighted by Gasteiger charge is 2.08. The number of rotatable bonds is 4. The third kappa shape index (κ3) is 3.11.